The van der Waals surface area contributed by atoms with Crippen molar-refractivity contribution in [3.8, 4) is 0 Å². The molecule has 1 heterocycles. The first-order chi connectivity index (χ1) is 6.67. The molecule has 1 N–H and O–H groups in total. The highest BCUT2D eigenvalue weighted by atomic mass is 16.5. The van der Waals surface area contributed by atoms with Crippen LogP contribution < -0.4 is 5.32 Å². The third-order valence-electron chi connectivity index (χ3n) is 3.32. The third-order valence-corrected chi connectivity index (χ3v) is 3.32. The van der Waals surface area contributed by atoms with Gasteiger partial charge in [-0.3, -0.25) is 4.90 Å². The van der Waals surface area contributed by atoms with Gasteiger partial charge in [0.1, 0.15) is 0 Å². The molecule has 84 valence electrons. The summed E-state index contributed by atoms with van der Waals surface area (Å²) in [6.45, 7) is 6.84. The average molecular weight is 200 g/mol. The number of hydrogen-bond donors (Lipinski definition) is 1. The van der Waals surface area contributed by atoms with E-state index in [9.17, 15) is 0 Å². The normalized spacial score (nSPS) is 27.9. The minimum Gasteiger partial charge on any atom is -0.380 e. The fourth-order valence-electron chi connectivity index (χ4n) is 2.13. The van der Waals surface area contributed by atoms with Crippen molar-refractivity contribution in [1.29, 1.82) is 0 Å². The Balaban J connectivity index is 2.28. The molecule has 0 amide bonds. The molecule has 3 unspecified atom stereocenters. The van der Waals surface area contributed by atoms with Gasteiger partial charge < -0.3 is 10.1 Å². The third kappa shape index (κ3) is 3.23. The maximum absolute atomic E-state index is 5.37. The topological polar surface area (TPSA) is 24.5 Å². The number of likely N-dealkylation sites (tertiary alicyclic amines) is 1. The van der Waals surface area contributed by atoms with E-state index in [1.807, 2.05) is 14.2 Å². The SMILES string of the molecule is CNC(C)CC(C)N1CCC(OC)C1. The summed E-state index contributed by atoms with van der Waals surface area (Å²) < 4.78 is 5.37. The number of nitrogens with zero attached hydrogens (tertiary/aromatic N) is 1. The van der Waals surface area contributed by atoms with Crippen LogP contribution in [0.25, 0.3) is 0 Å². The molecule has 1 fully saturated rings. The molecule has 1 saturated heterocycles. The summed E-state index contributed by atoms with van der Waals surface area (Å²) in [5.41, 5.74) is 0. The van der Waals surface area contributed by atoms with Gasteiger partial charge in [-0.2, -0.15) is 0 Å². The molecule has 3 atom stereocenters. The summed E-state index contributed by atoms with van der Waals surface area (Å²) in [6, 6.07) is 1.27. The molecule has 1 rings (SSSR count). The van der Waals surface area contributed by atoms with E-state index in [0.717, 1.165) is 6.54 Å². The van der Waals surface area contributed by atoms with Crippen LogP contribution in [0.1, 0.15) is 26.7 Å². The van der Waals surface area contributed by atoms with Crippen LogP contribution in [0.15, 0.2) is 0 Å². The predicted octanol–water partition coefficient (Wildman–Crippen LogP) is 1.09. The maximum atomic E-state index is 5.37. The highest BCUT2D eigenvalue weighted by Crippen LogP contribution is 2.17. The number of ether oxygens (including phenoxy) is 1. The maximum Gasteiger partial charge on any atom is 0.0710 e. The zero-order valence-electron chi connectivity index (χ0n) is 9.92. The zero-order chi connectivity index (χ0) is 10.6. The Kier molecular flexibility index (Phi) is 4.85. The van der Waals surface area contributed by atoms with Gasteiger partial charge in [0.05, 0.1) is 6.10 Å². The molecule has 3 nitrogen and oxygen atoms in total. The lowest BCUT2D eigenvalue weighted by Crippen LogP contribution is -2.37. The molecule has 0 spiro atoms. The lowest BCUT2D eigenvalue weighted by atomic mass is 10.1. The number of rotatable bonds is 5. The van der Waals surface area contributed by atoms with Gasteiger partial charge in [0.15, 0.2) is 0 Å². The largest absolute Gasteiger partial charge is 0.380 e. The minimum atomic E-state index is 0.461. The van der Waals surface area contributed by atoms with Gasteiger partial charge in [-0.1, -0.05) is 0 Å². The van der Waals surface area contributed by atoms with Crippen molar-refractivity contribution >= 4 is 0 Å². The van der Waals surface area contributed by atoms with E-state index in [2.05, 4.69) is 24.1 Å². The number of methoxy groups -OCH3 is 1. The van der Waals surface area contributed by atoms with Gasteiger partial charge in [-0.05, 0) is 33.7 Å². The van der Waals surface area contributed by atoms with Gasteiger partial charge in [-0.15, -0.1) is 0 Å². The smallest absolute Gasteiger partial charge is 0.0710 e. The molecule has 0 aromatic carbocycles. The Morgan fingerprint density at radius 1 is 1.50 bits per heavy atom. The van der Waals surface area contributed by atoms with Crippen molar-refractivity contribution in [2.75, 3.05) is 27.2 Å². The highest BCUT2D eigenvalue weighted by molar-refractivity contribution is 4.81. The second kappa shape index (κ2) is 5.69. The van der Waals surface area contributed by atoms with E-state index in [-0.39, 0.29) is 0 Å². The van der Waals surface area contributed by atoms with E-state index in [1.54, 1.807) is 0 Å². The second-order valence-electron chi connectivity index (χ2n) is 4.42. The van der Waals surface area contributed by atoms with Crippen LogP contribution in [0.5, 0.6) is 0 Å². The first-order valence-corrected chi connectivity index (χ1v) is 5.61. The number of nitrogens with one attached hydrogen (secondary N) is 1. The molecule has 3 heteroatoms. The zero-order valence-corrected chi connectivity index (χ0v) is 9.92. The summed E-state index contributed by atoms with van der Waals surface area (Å²) in [4.78, 5) is 2.53. The Morgan fingerprint density at radius 2 is 2.21 bits per heavy atom. The lowest BCUT2D eigenvalue weighted by Gasteiger charge is -2.26. The molecule has 0 bridgehead atoms. The summed E-state index contributed by atoms with van der Waals surface area (Å²) >= 11 is 0. The molecular weight excluding hydrogens is 176 g/mol. The first-order valence-electron chi connectivity index (χ1n) is 5.61. The predicted molar refractivity (Wildman–Crippen MR) is 59.6 cm³/mol. The second-order valence-corrected chi connectivity index (χ2v) is 4.42. The number of hydrogen-bond acceptors (Lipinski definition) is 3. The Bertz CT molecular complexity index is 163. The molecule has 0 aliphatic carbocycles. The molecule has 1 aliphatic rings. The van der Waals surface area contributed by atoms with Gasteiger partial charge in [-0.25, -0.2) is 0 Å². The molecule has 0 saturated carbocycles. The van der Waals surface area contributed by atoms with Crippen molar-refractivity contribution < 1.29 is 4.74 Å². The first kappa shape index (κ1) is 12.0. The van der Waals surface area contributed by atoms with E-state index < -0.39 is 0 Å². The standard InChI is InChI=1S/C11H24N2O/c1-9(12-3)7-10(2)13-6-5-11(8-13)14-4/h9-12H,5-8H2,1-4H3. The van der Waals surface area contributed by atoms with Crippen LogP contribution in [0, 0.1) is 0 Å². The van der Waals surface area contributed by atoms with Crippen molar-refractivity contribution in [2.24, 2.45) is 0 Å². The summed E-state index contributed by atoms with van der Waals surface area (Å²) in [5.74, 6) is 0. The summed E-state index contributed by atoms with van der Waals surface area (Å²) in [5, 5.41) is 3.29. The van der Waals surface area contributed by atoms with E-state index in [1.165, 1.54) is 19.4 Å². The average Bonchev–Trinajstić information content (AvgIpc) is 2.65. The van der Waals surface area contributed by atoms with E-state index in [0.29, 0.717) is 18.2 Å². The Labute approximate surface area is 87.8 Å². The van der Waals surface area contributed by atoms with E-state index >= 15 is 0 Å². The molecule has 0 aromatic heterocycles. The summed E-state index contributed by atoms with van der Waals surface area (Å²) in [6.07, 6.45) is 2.86. The van der Waals surface area contributed by atoms with E-state index in [4.69, 9.17) is 4.74 Å². The van der Waals surface area contributed by atoms with Crippen LogP contribution in [0.2, 0.25) is 0 Å². The quantitative estimate of drug-likeness (QED) is 0.719. The van der Waals surface area contributed by atoms with Crippen LogP contribution in [0.4, 0.5) is 0 Å². The molecule has 0 aromatic rings. The van der Waals surface area contributed by atoms with Crippen molar-refractivity contribution in [2.45, 2.75) is 44.9 Å². The minimum absolute atomic E-state index is 0.461. The van der Waals surface area contributed by atoms with Crippen LogP contribution in [-0.2, 0) is 4.74 Å². The highest BCUT2D eigenvalue weighted by Gasteiger charge is 2.26. The van der Waals surface area contributed by atoms with Gasteiger partial charge in [0.25, 0.3) is 0 Å². The van der Waals surface area contributed by atoms with Crippen molar-refractivity contribution in [3.05, 3.63) is 0 Å². The van der Waals surface area contributed by atoms with Gasteiger partial charge >= 0.3 is 0 Å². The Hall–Kier alpha value is -0.120. The molecular formula is C11H24N2O. The fourth-order valence-corrected chi connectivity index (χ4v) is 2.13. The molecule has 0 radical (unpaired) electrons. The van der Waals surface area contributed by atoms with Crippen LogP contribution >= 0.6 is 0 Å². The fraction of sp³-hybridized carbons (Fsp3) is 1.00. The van der Waals surface area contributed by atoms with Gasteiger partial charge in [0.2, 0.25) is 0 Å². The van der Waals surface area contributed by atoms with Gasteiger partial charge in [0, 0.05) is 32.3 Å². The molecule has 14 heavy (non-hydrogen) atoms. The molecule has 1 aliphatic heterocycles. The van der Waals surface area contributed by atoms with Crippen LogP contribution in [0.3, 0.4) is 0 Å². The summed E-state index contributed by atoms with van der Waals surface area (Å²) in [7, 11) is 3.84. The monoisotopic (exact) mass is 200 g/mol. The van der Waals surface area contributed by atoms with Crippen LogP contribution in [-0.4, -0.2) is 50.3 Å². The Morgan fingerprint density at radius 3 is 2.71 bits per heavy atom. The van der Waals surface area contributed by atoms with Crippen molar-refractivity contribution in [3.63, 3.8) is 0 Å². The lowest BCUT2D eigenvalue weighted by molar-refractivity contribution is 0.101. The van der Waals surface area contributed by atoms with Crippen molar-refractivity contribution in [1.82, 2.24) is 10.2 Å².